The zero-order chi connectivity index (χ0) is 23.5. The number of anilines is 1. The lowest BCUT2D eigenvalue weighted by Gasteiger charge is -2.19. The highest BCUT2D eigenvalue weighted by Gasteiger charge is 2.26. The number of sulfonamides is 1. The Morgan fingerprint density at radius 1 is 0.853 bits per heavy atom. The molecule has 0 aliphatic heterocycles. The highest BCUT2D eigenvalue weighted by atomic mass is 32.2. The van der Waals surface area contributed by atoms with Gasteiger partial charge in [0.1, 0.15) is 6.04 Å². The lowest BCUT2D eigenvalue weighted by molar-refractivity contribution is -0.117. The van der Waals surface area contributed by atoms with Crippen LogP contribution < -0.4 is 10.0 Å². The Balaban J connectivity index is 1.43. The number of nitrogens with zero attached hydrogens (tertiary/aromatic N) is 1. The number of carbonyl (C=O) groups excluding carboxylic acids is 1. The van der Waals surface area contributed by atoms with E-state index in [1.54, 1.807) is 36.5 Å². The van der Waals surface area contributed by atoms with Gasteiger partial charge in [-0.25, -0.2) is 8.42 Å². The third kappa shape index (κ3) is 4.68. The fraction of sp³-hybridized carbons (Fsp3) is 0.0769. The van der Waals surface area contributed by atoms with Gasteiger partial charge in [-0.3, -0.25) is 9.89 Å². The summed E-state index contributed by atoms with van der Waals surface area (Å²) < 4.78 is 29.2. The molecule has 0 unspecified atom stereocenters. The summed E-state index contributed by atoms with van der Waals surface area (Å²) in [5.41, 5.74) is 2.24. The van der Waals surface area contributed by atoms with Gasteiger partial charge in [-0.2, -0.15) is 9.82 Å². The Labute approximate surface area is 196 Å². The van der Waals surface area contributed by atoms with Gasteiger partial charge < -0.3 is 5.32 Å². The molecule has 0 aliphatic rings. The van der Waals surface area contributed by atoms with Crippen LogP contribution in [0.15, 0.2) is 102 Å². The minimum absolute atomic E-state index is 0.108. The summed E-state index contributed by atoms with van der Waals surface area (Å²) in [5.74, 6) is -0.448. The number of hydrogen-bond acceptors (Lipinski definition) is 4. The second-order valence-electron chi connectivity index (χ2n) is 8.03. The SMILES string of the molecule is O=C(Nc1ccc2[nH]ncc2c1)[C@H](Cc1ccccc1)NS(=O)(=O)c1ccc2ccccc2c1. The van der Waals surface area contributed by atoms with E-state index in [0.717, 1.165) is 27.2 Å². The van der Waals surface area contributed by atoms with Crippen LogP contribution in [0.25, 0.3) is 21.7 Å². The number of fused-ring (bicyclic) bond motifs is 2. The maximum Gasteiger partial charge on any atom is 0.242 e. The number of aromatic nitrogens is 2. The number of amides is 1. The van der Waals surface area contributed by atoms with Crippen LogP contribution in [0.3, 0.4) is 0 Å². The highest BCUT2D eigenvalue weighted by molar-refractivity contribution is 7.89. The van der Waals surface area contributed by atoms with Crippen molar-refractivity contribution >= 4 is 43.3 Å². The molecule has 0 fully saturated rings. The molecule has 1 amide bonds. The molecule has 1 aromatic heterocycles. The largest absolute Gasteiger partial charge is 0.325 e. The number of carbonyl (C=O) groups is 1. The summed E-state index contributed by atoms with van der Waals surface area (Å²) in [7, 11) is -3.96. The molecule has 1 atom stereocenters. The van der Waals surface area contributed by atoms with Gasteiger partial charge >= 0.3 is 0 Å². The molecule has 0 radical (unpaired) electrons. The average molecular weight is 471 g/mol. The molecule has 0 spiro atoms. The monoisotopic (exact) mass is 470 g/mol. The molecule has 8 heteroatoms. The molecule has 34 heavy (non-hydrogen) atoms. The number of rotatable bonds is 7. The first-order valence-electron chi connectivity index (χ1n) is 10.8. The van der Waals surface area contributed by atoms with Gasteiger partial charge in [-0.05, 0) is 53.1 Å². The first kappa shape index (κ1) is 21.8. The van der Waals surface area contributed by atoms with Crippen molar-refractivity contribution in [1.29, 1.82) is 0 Å². The van der Waals surface area contributed by atoms with Crippen LogP contribution >= 0.6 is 0 Å². The van der Waals surface area contributed by atoms with E-state index in [4.69, 9.17) is 0 Å². The molecule has 1 heterocycles. The van der Waals surface area contributed by atoms with Gasteiger partial charge in [0, 0.05) is 11.1 Å². The van der Waals surface area contributed by atoms with E-state index >= 15 is 0 Å². The number of benzene rings is 4. The maximum atomic E-state index is 13.3. The molecule has 170 valence electrons. The lowest BCUT2D eigenvalue weighted by atomic mass is 10.1. The Morgan fingerprint density at radius 2 is 1.62 bits per heavy atom. The molecule has 5 aromatic rings. The zero-order valence-corrected chi connectivity index (χ0v) is 18.9. The summed E-state index contributed by atoms with van der Waals surface area (Å²) in [5, 5.41) is 12.3. The van der Waals surface area contributed by atoms with E-state index < -0.39 is 22.0 Å². The van der Waals surface area contributed by atoms with Crippen molar-refractivity contribution < 1.29 is 13.2 Å². The summed E-state index contributed by atoms with van der Waals surface area (Å²) in [6.45, 7) is 0. The van der Waals surface area contributed by atoms with Gasteiger partial charge in [0.2, 0.25) is 15.9 Å². The van der Waals surface area contributed by atoms with Crippen molar-refractivity contribution in [3.8, 4) is 0 Å². The third-order valence-corrected chi connectivity index (χ3v) is 7.10. The fourth-order valence-electron chi connectivity index (χ4n) is 3.88. The first-order chi connectivity index (χ1) is 16.5. The van der Waals surface area contributed by atoms with E-state index in [9.17, 15) is 13.2 Å². The van der Waals surface area contributed by atoms with Crippen molar-refractivity contribution in [3.63, 3.8) is 0 Å². The number of nitrogens with one attached hydrogen (secondary N) is 3. The number of hydrogen-bond donors (Lipinski definition) is 3. The Hall–Kier alpha value is -4.01. The standard InChI is InChI=1S/C26H22N4O3S/c31-26(28-22-11-13-24-21(15-22)17-27-29-24)25(14-18-6-2-1-3-7-18)30-34(32,33)23-12-10-19-8-4-5-9-20(19)16-23/h1-13,15-17,25,30H,14H2,(H,27,29)(H,28,31)/t25-/m0/s1. The maximum absolute atomic E-state index is 13.3. The van der Waals surface area contributed by atoms with Crippen molar-refractivity contribution in [2.24, 2.45) is 0 Å². The molecule has 0 saturated carbocycles. The third-order valence-electron chi connectivity index (χ3n) is 5.64. The lowest BCUT2D eigenvalue weighted by Crippen LogP contribution is -2.45. The molecule has 7 nitrogen and oxygen atoms in total. The van der Waals surface area contributed by atoms with E-state index in [0.29, 0.717) is 5.69 Å². The van der Waals surface area contributed by atoms with E-state index in [-0.39, 0.29) is 11.3 Å². The molecule has 0 bridgehead atoms. The first-order valence-corrected chi connectivity index (χ1v) is 12.3. The van der Waals surface area contributed by atoms with Crippen LogP contribution in [0.4, 0.5) is 5.69 Å². The quantitative estimate of drug-likeness (QED) is 0.331. The summed E-state index contributed by atoms with van der Waals surface area (Å²) in [6.07, 6.45) is 1.86. The molecule has 3 N–H and O–H groups in total. The average Bonchev–Trinajstić information content (AvgIpc) is 3.32. The summed E-state index contributed by atoms with van der Waals surface area (Å²) in [6, 6.07) is 26.1. The van der Waals surface area contributed by atoms with E-state index in [1.807, 2.05) is 60.7 Å². The van der Waals surface area contributed by atoms with Crippen LogP contribution in [-0.4, -0.2) is 30.6 Å². The Kier molecular flexibility index (Phi) is 5.83. The molecule has 5 rings (SSSR count). The number of H-pyrrole nitrogens is 1. The van der Waals surface area contributed by atoms with Gasteiger partial charge in [0.15, 0.2) is 0 Å². The Morgan fingerprint density at radius 3 is 2.44 bits per heavy atom. The summed E-state index contributed by atoms with van der Waals surface area (Å²) in [4.78, 5) is 13.4. The van der Waals surface area contributed by atoms with Crippen molar-refractivity contribution in [3.05, 3.63) is 103 Å². The van der Waals surface area contributed by atoms with Gasteiger partial charge in [0.25, 0.3) is 0 Å². The van der Waals surface area contributed by atoms with Gasteiger partial charge in [0.05, 0.1) is 16.6 Å². The van der Waals surface area contributed by atoms with Gasteiger partial charge in [-0.1, -0.05) is 60.7 Å². The highest BCUT2D eigenvalue weighted by Crippen LogP contribution is 2.21. The van der Waals surface area contributed by atoms with Crippen molar-refractivity contribution in [1.82, 2.24) is 14.9 Å². The van der Waals surface area contributed by atoms with Crippen molar-refractivity contribution in [2.75, 3.05) is 5.32 Å². The van der Waals surface area contributed by atoms with Crippen LogP contribution in [-0.2, 0) is 21.2 Å². The minimum Gasteiger partial charge on any atom is -0.325 e. The fourth-order valence-corrected chi connectivity index (χ4v) is 5.11. The van der Waals surface area contributed by atoms with E-state index in [1.165, 1.54) is 0 Å². The zero-order valence-electron chi connectivity index (χ0n) is 18.1. The predicted molar refractivity (Wildman–Crippen MR) is 133 cm³/mol. The van der Waals surface area contributed by atoms with Crippen molar-refractivity contribution in [2.45, 2.75) is 17.4 Å². The Bertz CT molecular complexity index is 1580. The molecule has 0 aliphatic carbocycles. The second-order valence-corrected chi connectivity index (χ2v) is 9.75. The molecular formula is C26H22N4O3S. The van der Waals surface area contributed by atoms with Crippen LogP contribution in [0.2, 0.25) is 0 Å². The van der Waals surface area contributed by atoms with E-state index in [2.05, 4.69) is 20.2 Å². The second kappa shape index (κ2) is 9.09. The molecule has 4 aromatic carbocycles. The number of aromatic amines is 1. The molecular weight excluding hydrogens is 448 g/mol. The van der Waals surface area contributed by atoms with Crippen LogP contribution in [0, 0.1) is 0 Å². The normalized spacial score (nSPS) is 12.6. The van der Waals surface area contributed by atoms with Crippen LogP contribution in [0.1, 0.15) is 5.56 Å². The van der Waals surface area contributed by atoms with Gasteiger partial charge in [-0.15, -0.1) is 0 Å². The topological polar surface area (TPSA) is 104 Å². The molecule has 0 saturated heterocycles. The van der Waals surface area contributed by atoms with Crippen LogP contribution in [0.5, 0.6) is 0 Å². The summed E-state index contributed by atoms with van der Waals surface area (Å²) >= 11 is 0. The minimum atomic E-state index is -3.96. The smallest absolute Gasteiger partial charge is 0.242 e. The predicted octanol–water partition coefficient (Wildman–Crippen LogP) is 4.24.